The van der Waals surface area contributed by atoms with Crippen molar-refractivity contribution in [2.24, 2.45) is 0 Å². The van der Waals surface area contributed by atoms with Gasteiger partial charge in [-0.15, -0.1) is 6.42 Å². The number of amides is 1. The van der Waals surface area contributed by atoms with Crippen molar-refractivity contribution in [3.05, 3.63) is 30.1 Å². The van der Waals surface area contributed by atoms with Crippen molar-refractivity contribution < 1.29 is 9.53 Å². The number of hydrogen-bond donors (Lipinski definition) is 3. The van der Waals surface area contributed by atoms with E-state index in [1.54, 1.807) is 12.1 Å². The third-order valence-corrected chi connectivity index (χ3v) is 2.00. The summed E-state index contributed by atoms with van der Waals surface area (Å²) >= 11 is 4.89. The van der Waals surface area contributed by atoms with Crippen molar-refractivity contribution in [1.29, 1.82) is 0 Å². The van der Waals surface area contributed by atoms with Gasteiger partial charge in [0.2, 0.25) is 0 Å². The molecule has 1 rings (SSSR count). The molecular weight excluding hydrogens is 252 g/mol. The Morgan fingerprint density at radius 2 is 2.17 bits per heavy atom. The van der Waals surface area contributed by atoms with Gasteiger partial charge in [-0.05, 0) is 24.4 Å². The van der Waals surface area contributed by atoms with Crippen LogP contribution in [0.4, 0.5) is 0 Å². The molecular formula is C11H12N4O2S. The number of carbonyl (C=O) groups is 1. The van der Waals surface area contributed by atoms with Gasteiger partial charge in [-0.25, -0.2) is 0 Å². The Bertz CT molecular complexity index is 444. The predicted octanol–water partition coefficient (Wildman–Crippen LogP) is -0.202. The zero-order chi connectivity index (χ0) is 13.2. The molecule has 6 nitrogen and oxygen atoms in total. The van der Waals surface area contributed by atoms with Gasteiger partial charge in [0.05, 0.1) is 0 Å². The average Bonchev–Trinajstić information content (AvgIpc) is 2.42. The molecule has 0 radical (unpaired) electrons. The van der Waals surface area contributed by atoms with Crippen LogP contribution < -0.4 is 16.2 Å². The Kier molecular flexibility index (Phi) is 6.17. The second-order valence-electron chi connectivity index (χ2n) is 3.02. The lowest BCUT2D eigenvalue weighted by molar-refractivity contribution is 0.0942. The number of terminal acetylenes is 1. The molecule has 0 aliphatic rings. The summed E-state index contributed by atoms with van der Waals surface area (Å²) in [5.74, 6) is 2.00. The Morgan fingerprint density at radius 1 is 1.44 bits per heavy atom. The SMILES string of the molecule is C#CCOCNC(=S)NNC(=O)c1ccncc1. The molecule has 1 amide bonds. The van der Waals surface area contributed by atoms with E-state index < -0.39 is 0 Å². The molecule has 0 aliphatic heterocycles. The minimum atomic E-state index is -0.314. The monoisotopic (exact) mass is 264 g/mol. The van der Waals surface area contributed by atoms with Crippen LogP contribution in [0.25, 0.3) is 0 Å². The zero-order valence-corrected chi connectivity index (χ0v) is 10.3. The minimum absolute atomic E-state index is 0.168. The van der Waals surface area contributed by atoms with Crippen LogP contribution in [0.15, 0.2) is 24.5 Å². The summed E-state index contributed by atoms with van der Waals surface area (Å²) < 4.78 is 4.95. The first-order chi connectivity index (χ1) is 8.74. The van der Waals surface area contributed by atoms with Crippen LogP contribution in [0, 0.1) is 12.3 Å². The number of thiocarbonyl (C=S) groups is 1. The van der Waals surface area contributed by atoms with E-state index in [4.69, 9.17) is 23.4 Å². The van der Waals surface area contributed by atoms with Gasteiger partial charge in [0, 0.05) is 18.0 Å². The highest BCUT2D eigenvalue weighted by Gasteiger charge is 2.04. The molecule has 0 saturated carbocycles. The second-order valence-corrected chi connectivity index (χ2v) is 3.43. The molecule has 7 heteroatoms. The highest BCUT2D eigenvalue weighted by molar-refractivity contribution is 7.80. The number of pyridine rings is 1. The topological polar surface area (TPSA) is 75.3 Å². The van der Waals surface area contributed by atoms with Gasteiger partial charge < -0.3 is 10.1 Å². The Morgan fingerprint density at radius 3 is 2.83 bits per heavy atom. The van der Waals surface area contributed by atoms with E-state index in [1.807, 2.05) is 0 Å². The van der Waals surface area contributed by atoms with Gasteiger partial charge in [-0.3, -0.25) is 20.6 Å². The molecule has 3 N–H and O–H groups in total. The molecule has 0 atom stereocenters. The van der Waals surface area contributed by atoms with E-state index in [0.717, 1.165) is 0 Å². The van der Waals surface area contributed by atoms with Crippen LogP contribution in [0.5, 0.6) is 0 Å². The predicted molar refractivity (Wildman–Crippen MR) is 70.2 cm³/mol. The van der Waals surface area contributed by atoms with Gasteiger partial charge in [-0.2, -0.15) is 0 Å². The quantitative estimate of drug-likeness (QED) is 0.230. The van der Waals surface area contributed by atoms with Crippen molar-refractivity contribution >= 4 is 23.2 Å². The number of hydrogen-bond acceptors (Lipinski definition) is 4. The zero-order valence-electron chi connectivity index (χ0n) is 9.47. The molecule has 0 spiro atoms. The van der Waals surface area contributed by atoms with E-state index in [1.165, 1.54) is 12.4 Å². The van der Waals surface area contributed by atoms with Crippen LogP contribution >= 0.6 is 12.2 Å². The Hall–Kier alpha value is -2.17. The van der Waals surface area contributed by atoms with Gasteiger partial charge in [-0.1, -0.05) is 5.92 Å². The second kappa shape index (κ2) is 8.00. The van der Waals surface area contributed by atoms with E-state index in [-0.39, 0.29) is 24.4 Å². The summed E-state index contributed by atoms with van der Waals surface area (Å²) in [5, 5.41) is 2.93. The lowest BCUT2D eigenvalue weighted by Crippen LogP contribution is -2.47. The van der Waals surface area contributed by atoms with Gasteiger partial charge >= 0.3 is 0 Å². The summed E-state index contributed by atoms with van der Waals surface area (Å²) in [6, 6.07) is 3.17. The first-order valence-electron chi connectivity index (χ1n) is 4.99. The Labute approximate surface area is 110 Å². The molecule has 0 aliphatic carbocycles. The maximum Gasteiger partial charge on any atom is 0.269 e. The number of rotatable bonds is 4. The molecule has 0 saturated heterocycles. The maximum atomic E-state index is 11.6. The largest absolute Gasteiger partial charge is 0.349 e. The smallest absolute Gasteiger partial charge is 0.269 e. The van der Waals surface area contributed by atoms with E-state index >= 15 is 0 Å². The highest BCUT2D eigenvalue weighted by Crippen LogP contribution is 1.94. The number of ether oxygens (including phenoxy) is 1. The lowest BCUT2D eigenvalue weighted by Gasteiger charge is -2.11. The molecule has 0 unspecified atom stereocenters. The van der Waals surface area contributed by atoms with Crippen molar-refractivity contribution in [3.63, 3.8) is 0 Å². The van der Waals surface area contributed by atoms with Gasteiger partial charge in [0.15, 0.2) is 5.11 Å². The first kappa shape index (κ1) is 13.9. The molecule has 1 aromatic heterocycles. The molecule has 0 fully saturated rings. The van der Waals surface area contributed by atoms with Crippen molar-refractivity contribution in [1.82, 2.24) is 21.2 Å². The number of aromatic nitrogens is 1. The molecule has 1 heterocycles. The molecule has 0 aromatic carbocycles. The third kappa shape index (κ3) is 5.25. The summed E-state index contributed by atoms with van der Waals surface area (Å²) in [5.41, 5.74) is 5.43. The fourth-order valence-electron chi connectivity index (χ4n) is 0.960. The number of nitrogens with one attached hydrogen (secondary N) is 3. The average molecular weight is 264 g/mol. The van der Waals surface area contributed by atoms with Crippen molar-refractivity contribution in [2.75, 3.05) is 13.3 Å². The van der Waals surface area contributed by atoms with Crippen LogP contribution in [0.2, 0.25) is 0 Å². The van der Waals surface area contributed by atoms with Crippen molar-refractivity contribution in [2.45, 2.75) is 0 Å². The normalized spacial score (nSPS) is 9.06. The summed E-state index contributed by atoms with van der Waals surface area (Å²) in [6.07, 6.45) is 8.05. The number of carbonyl (C=O) groups excluding carboxylic acids is 1. The van der Waals surface area contributed by atoms with Crippen LogP contribution in [-0.4, -0.2) is 29.3 Å². The van der Waals surface area contributed by atoms with Gasteiger partial charge in [0.1, 0.15) is 13.3 Å². The van der Waals surface area contributed by atoms with E-state index in [0.29, 0.717) is 5.56 Å². The number of hydrazine groups is 1. The minimum Gasteiger partial charge on any atom is -0.349 e. The molecule has 18 heavy (non-hydrogen) atoms. The fourth-order valence-corrected chi connectivity index (χ4v) is 1.07. The number of nitrogens with zero attached hydrogens (tertiary/aromatic N) is 1. The molecule has 94 valence electrons. The summed E-state index contributed by atoms with van der Waals surface area (Å²) in [6.45, 7) is 0.361. The fraction of sp³-hybridized carbons (Fsp3) is 0.182. The van der Waals surface area contributed by atoms with Crippen LogP contribution in [0.3, 0.4) is 0 Å². The van der Waals surface area contributed by atoms with Gasteiger partial charge in [0.25, 0.3) is 5.91 Å². The van der Waals surface area contributed by atoms with E-state index in [2.05, 4.69) is 27.1 Å². The first-order valence-corrected chi connectivity index (χ1v) is 5.40. The summed E-state index contributed by atoms with van der Waals surface area (Å²) in [7, 11) is 0. The highest BCUT2D eigenvalue weighted by atomic mass is 32.1. The lowest BCUT2D eigenvalue weighted by atomic mass is 10.3. The van der Waals surface area contributed by atoms with E-state index in [9.17, 15) is 4.79 Å². The maximum absolute atomic E-state index is 11.6. The third-order valence-electron chi connectivity index (χ3n) is 1.75. The van der Waals surface area contributed by atoms with Crippen LogP contribution in [-0.2, 0) is 4.74 Å². The molecule has 1 aromatic rings. The standard InChI is InChI=1S/C11H12N4O2S/c1-2-7-17-8-13-11(18)15-14-10(16)9-3-5-12-6-4-9/h1,3-6H,7-8H2,(H,14,16)(H2,13,15,18). The van der Waals surface area contributed by atoms with Crippen LogP contribution in [0.1, 0.15) is 10.4 Å². The van der Waals surface area contributed by atoms with Crippen molar-refractivity contribution in [3.8, 4) is 12.3 Å². The molecule has 0 bridgehead atoms. The Balaban J connectivity index is 2.23. The summed E-state index contributed by atoms with van der Waals surface area (Å²) in [4.78, 5) is 15.4.